The van der Waals surface area contributed by atoms with Gasteiger partial charge >= 0.3 is 16.2 Å². The summed E-state index contributed by atoms with van der Waals surface area (Å²) in [7, 11) is -4.74. The van der Waals surface area contributed by atoms with Crippen LogP contribution in [-0.2, 0) is 10.0 Å². The van der Waals surface area contributed by atoms with E-state index in [1.807, 2.05) is 39.0 Å². The van der Waals surface area contributed by atoms with Gasteiger partial charge in [0.2, 0.25) is 0 Å². The first-order valence-electron chi connectivity index (χ1n) is 10.5. The Morgan fingerprint density at radius 3 is 2.36 bits per heavy atom. The predicted molar refractivity (Wildman–Crippen MR) is 125 cm³/mol. The number of aryl methyl sites for hydroxylation is 1. The van der Waals surface area contributed by atoms with Crippen LogP contribution >= 0.6 is 0 Å². The van der Waals surface area contributed by atoms with Gasteiger partial charge in [0.1, 0.15) is 23.7 Å². The molecule has 33 heavy (non-hydrogen) atoms. The zero-order valence-corrected chi connectivity index (χ0v) is 19.6. The van der Waals surface area contributed by atoms with Crippen LogP contribution in [0.5, 0.6) is 11.5 Å². The Morgan fingerprint density at radius 1 is 1.12 bits per heavy atom. The van der Waals surface area contributed by atoms with Crippen molar-refractivity contribution in [2.45, 2.75) is 32.9 Å². The molecular formula is C24H28F3N2O3S+. The van der Waals surface area contributed by atoms with Gasteiger partial charge in [-0.15, -0.1) is 0 Å². The van der Waals surface area contributed by atoms with Gasteiger partial charge in [0.05, 0.1) is 6.54 Å². The summed E-state index contributed by atoms with van der Waals surface area (Å²) in [5.41, 5.74) is 8.14. The van der Waals surface area contributed by atoms with Crippen molar-refractivity contribution >= 4 is 15.7 Å². The molecule has 0 fully saturated rings. The van der Waals surface area contributed by atoms with Gasteiger partial charge in [0.15, 0.2) is 11.4 Å². The highest BCUT2D eigenvalue weighted by Gasteiger charge is 2.52. The maximum atomic E-state index is 13.2. The second-order valence-corrected chi connectivity index (χ2v) is 10.4. The van der Waals surface area contributed by atoms with E-state index in [1.165, 1.54) is 24.3 Å². The molecule has 2 N–H and O–H groups in total. The quantitative estimate of drug-likeness (QED) is 0.529. The molecule has 1 heterocycles. The number of hydrogen-bond acceptors (Lipinski definition) is 4. The largest absolute Gasteiger partial charge is 0.457 e. The van der Waals surface area contributed by atoms with Crippen LogP contribution < -0.4 is 14.4 Å². The van der Waals surface area contributed by atoms with E-state index < -0.39 is 25.8 Å². The van der Waals surface area contributed by atoms with E-state index >= 15 is 0 Å². The smallest absolute Gasteiger partial charge is 0.408 e. The molecule has 1 aliphatic heterocycles. The van der Waals surface area contributed by atoms with Crippen LogP contribution in [0.15, 0.2) is 66.4 Å². The number of ether oxygens (including phenoxy) is 1. The molecule has 1 unspecified atom stereocenters. The summed E-state index contributed by atoms with van der Waals surface area (Å²) in [6.45, 7) is 5.65. The fourth-order valence-corrected chi connectivity index (χ4v) is 5.85. The van der Waals surface area contributed by atoms with Crippen LogP contribution in [0.4, 0.5) is 18.9 Å². The molecule has 178 valence electrons. The third-order valence-corrected chi connectivity index (χ3v) is 7.79. The van der Waals surface area contributed by atoms with Gasteiger partial charge < -0.3 is 10.5 Å². The summed E-state index contributed by atoms with van der Waals surface area (Å²) in [5, 5.41) is 0. The Morgan fingerprint density at radius 2 is 1.79 bits per heavy atom. The highest BCUT2D eigenvalue weighted by molar-refractivity contribution is 7.91. The molecule has 0 aliphatic carbocycles. The molecule has 3 rings (SSSR count). The van der Waals surface area contributed by atoms with Gasteiger partial charge in [-0.25, -0.2) is 0 Å². The summed E-state index contributed by atoms with van der Waals surface area (Å²) in [5.74, 6) is -0.610. The van der Waals surface area contributed by atoms with Gasteiger partial charge in [-0.2, -0.15) is 25.5 Å². The van der Waals surface area contributed by atoms with Crippen molar-refractivity contribution in [2.75, 3.05) is 18.8 Å². The van der Waals surface area contributed by atoms with Crippen molar-refractivity contribution in [1.29, 1.82) is 0 Å². The molecule has 0 aromatic heterocycles. The number of nitrogens with zero attached hydrogens (tertiary/aromatic N) is 1. The van der Waals surface area contributed by atoms with Gasteiger partial charge in [-0.1, -0.05) is 32.1 Å². The van der Waals surface area contributed by atoms with Crippen molar-refractivity contribution in [2.24, 2.45) is 5.73 Å². The van der Waals surface area contributed by atoms with Crippen LogP contribution in [0, 0.1) is 6.92 Å². The number of benzene rings is 2. The van der Waals surface area contributed by atoms with Gasteiger partial charge in [0.25, 0.3) is 0 Å². The lowest BCUT2D eigenvalue weighted by Crippen LogP contribution is -2.58. The van der Waals surface area contributed by atoms with E-state index in [0.717, 1.165) is 11.1 Å². The summed E-state index contributed by atoms with van der Waals surface area (Å²) >= 11 is 0. The minimum absolute atomic E-state index is 0.163. The second kappa shape index (κ2) is 9.32. The average molecular weight is 482 g/mol. The number of allylic oxidation sites excluding steroid dienone is 2. The number of quaternary nitrogens is 1. The SMILES string of the molecule is Cc1ccc(C(C)C)c(Oc2ccc([N+]3(S(=O)(=O)CC(F)(F)F)CC=CC=C3CN)cc2)c1. The van der Waals surface area contributed by atoms with Crippen molar-refractivity contribution in [1.82, 2.24) is 3.89 Å². The number of nitrogens with two attached hydrogens (primary N) is 1. The normalized spacial score (nSPS) is 19.0. The molecule has 0 saturated carbocycles. The molecule has 2 aromatic rings. The first-order valence-corrected chi connectivity index (χ1v) is 12.1. The Balaban J connectivity index is 2.04. The van der Waals surface area contributed by atoms with Crippen LogP contribution in [0.2, 0.25) is 0 Å². The molecule has 5 nitrogen and oxygen atoms in total. The van der Waals surface area contributed by atoms with E-state index in [0.29, 0.717) is 11.5 Å². The van der Waals surface area contributed by atoms with E-state index in [1.54, 1.807) is 18.2 Å². The highest BCUT2D eigenvalue weighted by atomic mass is 32.2. The zero-order chi connectivity index (χ0) is 24.4. The molecule has 0 amide bonds. The van der Waals surface area contributed by atoms with Crippen LogP contribution in [-0.4, -0.2) is 33.4 Å². The Kier molecular flexibility index (Phi) is 7.07. The standard InChI is InChI=1S/C24H28F3N2O3S/c1-17(2)22-12-7-18(3)14-23(22)32-21-10-8-19(9-11-21)29(13-5-4-6-20(29)15-28)33(30,31)16-24(25,26)27/h4-12,14,17H,13,15-16,28H2,1-3H3/q+1. The molecular weight excluding hydrogens is 453 g/mol. The summed E-state index contributed by atoms with van der Waals surface area (Å²) in [6.07, 6.45) is -0.292. The lowest BCUT2D eigenvalue weighted by Gasteiger charge is -2.38. The van der Waals surface area contributed by atoms with Gasteiger partial charge in [0, 0.05) is 12.1 Å². The Hall–Kier alpha value is -2.62. The Labute approximate surface area is 192 Å². The maximum Gasteiger partial charge on any atom is 0.408 e. The summed E-state index contributed by atoms with van der Waals surface area (Å²) in [4.78, 5) is 0. The number of halogens is 3. The number of alkyl halides is 3. The number of hydrogen-bond donors (Lipinski definition) is 1. The van der Waals surface area contributed by atoms with Crippen LogP contribution in [0.1, 0.15) is 30.9 Å². The molecule has 0 spiro atoms. The molecule has 0 bridgehead atoms. The number of sulfonamides is 1. The minimum atomic E-state index is -4.88. The summed E-state index contributed by atoms with van der Waals surface area (Å²) < 4.78 is 70.9. The fourth-order valence-electron chi connectivity index (χ4n) is 3.97. The molecule has 9 heteroatoms. The van der Waals surface area contributed by atoms with E-state index in [4.69, 9.17) is 10.5 Å². The Bertz CT molecular complexity index is 1170. The topological polar surface area (TPSA) is 69.4 Å². The van der Waals surface area contributed by atoms with E-state index in [2.05, 4.69) is 0 Å². The summed E-state index contributed by atoms with van der Waals surface area (Å²) in [6, 6.07) is 12.0. The third-order valence-electron chi connectivity index (χ3n) is 5.55. The number of rotatable bonds is 7. The molecule has 2 aromatic carbocycles. The fraction of sp³-hybridized carbons (Fsp3) is 0.333. The van der Waals surface area contributed by atoms with E-state index in [9.17, 15) is 21.6 Å². The van der Waals surface area contributed by atoms with Crippen LogP contribution in [0.25, 0.3) is 0 Å². The minimum Gasteiger partial charge on any atom is -0.457 e. The maximum absolute atomic E-state index is 13.2. The predicted octanol–water partition coefficient (Wildman–Crippen LogP) is 5.52. The monoisotopic (exact) mass is 481 g/mol. The molecule has 1 aliphatic rings. The lowest BCUT2D eigenvalue weighted by molar-refractivity contribution is -0.106. The van der Waals surface area contributed by atoms with Gasteiger partial charge in [-0.3, -0.25) is 0 Å². The molecule has 1 atom stereocenters. The zero-order valence-electron chi connectivity index (χ0n) is 18.8. The highest BCUT2D eigenvalue weighted by Crippen LogP contribution is 2.39. The van der Waals surface area contributed by atoms with Crippen molar-refractivity contribution in [3.63, 3.8) is 0 Å². The van der Waals surface area contributed by atoms with Crippen LogP contribution in [0.3, 0.4) is 0 Å². The van der Waals surface area contributed by atoms with Gasteiger partial charge in [-0.05, 0) is 54.3 Å². The van der Waals surface area contributed by atoms with Crippen molar-refractivity contribution in [3.8, 4) is 11.5 Å². The average Bonchev–Trinajstić information content (AvgIpc) is 2.72. The molecule has 0 saturated heterocycles. The van der Waals surface area contributed by atoms with Crippen molar-refractivity contribution in [3.05, 3.63) is 77.5 Å². The first kappa shape index (κ1) is 25.0. The first-order chi connectivity index (χ1) is 15.4. The van der Waals surface area contributed by atoms with Crippen molar-refractivity contribution < 1.29 is 26.3 Å². The molecule has 0 radical (unpaired) electrons. The third kappa shape index (κ3) is 5.15. The second-order valence-electron chi connectivity index (χ2n) is 8.35. The van der Waals surface area contributed by atoms with E-state index in [-0.39, 0.29) is 30.4 Å². The lowest BCUT2D eigenvalue weighted by atomic mass is 10.0.